The molecule has 4 rings (SSSR count). The second-order valence-electron chi connectivity index (χ2n) is 7.65. The minimum absolute atomic E-state index is 0.0836. The molecular formula is C21H25FN2O3S. The SMILES string of the molecule is CN(C)C(=O)C1CCN(Cc2cc(F)cc3c2O[C@H](c2ccsc2)OC3)CC1. The van der Waals surface area contributed by atoms with E-state index in [1.54, 1.807) is 36.4 Å². The van der Waals surface area contributed by atoms with Crippen LogP contribution in [0.4, 0.5) is 4.39 Å². The lowest BCUT2D eigenvalue weighted by Gasteiger charge is -2.34. The highest BCUT2D eigenvalue weighted by atomic mass is 32.1. The van der Waals surface area contributed by atoms with E-state index in [-0.39, 0.29) is 17.6 Å². The van der Waals surface area contributed by atoms with Crippen molar-refractivity contribution in [2.75, 3.05) is 27.2 Å². The number of hydrogen-bond acceptors (Lipinski definition) is 5. The van der Waals surface area contributed by atoms with Gasteiger partial charge in [-0.25, -0.2) is 4.39 Å². The van der Waals surface area contributed by atoms with Gasteiger partial charge in [0.2, 0.25) is 12.2 Å². The molecular weight excluding hydrogens is 379 g/mol. The summed E-state index contributed by atoms with van der Waals surface area (Å²) in [6.07, 6.45) is 1.21. The van der Waals surface area contributed by atoms with Crippen LogP contribution in [0.1, 0.15) is 35.8 Å². The predicted molar refractivity (Wildman–Crippen MR) is 106 cm³/mol. The first kappa shape index (κ1) is 19.4. The molecule has 1 amide bonds. The summed E-state index contributed by atoms with van der Waals surface area (Å²) in [5.41, 5.74) is 2.57. The average Bonchev–Trinajstić information content (AvgIpc) is 3.22. The van der Waals surface area contributed by atoms with E-state index in [0.717, 1.165) is 48.4 Å². The van der Waals surface area contributed by atoms with Crippen molar-refractivity contribution in [1.29, 1.82) is 0 Å². The van der Waals surface area contributed by atoms with Crippen LogP contribution in [-0.4, -0.2) is 42.9 Å². The molecule has 2 aromatic rings. The predicted octanol–water partition coefficient (Wildman–Crippen LogP) is 3.80. The first-order valence-corrected chi connectivity index (χ1v) is 10.5. The highest BCUT2D eigenvalue weighted by molar-refractivity contribution is 7.07. The number of thiophene rings is 1. The number of fused-ring (bicyclic) bond motifs is 1. The molecule has 1 atom stereocenters. The van der Waals surface area contributed by atoms with Crippen LogP contribution in [0.25, 0.3) is 0 Å². The molecule has 0 bridgehead atoms. The number of piperidine rings is 1. The third kappa shape index (κ3) is 4.06. The van der Waals surface area contributed by atoms with Gasteiger partial charge >= 0.3 is 0 Å². The Balaban J connectivity index is 1.47. The van der Waals surface area contributed by atoms with Gasteiger partial charge in [-0.15, -0.1) is 0 Å². The average molecular weight is 405 g/mol. The van der Waals surface area contributed by atoms with E-state index in [9.17, 15) is 9.18 Å². The molecule has 0 N–H and O–H groups in total. The van der Waals surface area contributed by atoms with E-state index >= 15 is 0 Å². The Morgan fingerprint density at radius 1 is 1.32 bits per heavy atom. The van der Waals surface area contributed by atoms with E-state index in [0.29, 0.717) is 13.2 Å². The van der Waals surface area contributed by atoms with Crippen LogP contribution in [0.2, 0.25) is 0 Å². The van der Waals surface area contributed by atoms with Gasteiger partial charge < -0.3 is 14.4 Å². The van der Waals surface area contributed by atoms with Gasteiger partial charge in [0.15, 0.2) is 0 Å². The zero-order valence-corrected chi connectivity index (χ0v) is 17.0. The molecule has 2 aliphatic heterocycles. The van der Waals surface area contributed by atoms with Gasteiger partial charge in [-0.3, -0.25) is 9.69 Å². The largest absolute Gasteiger partial charge is 0.460 e. The fraction of sp³-hybridized carbons (Fsp3) is 0.476. The summed E-state index contributed by atoms with van der Waals surface area (Å²) in [7, 11) is 3.61. The van der Waals surface area contributed by atoms with Crippen LogP contribution in [-0.2, 0) is 22.7 Å². The summed E-state index contributed by atoms with van der Waals surface area (Å²) < 4.78 is 26.1. The zero-order valence-electron chi connectivity index (χ0n) is 16.2. The topological polar surface area (TPSA) is 42.0 Å². The summed E-state index contributed by atoms with van der Waals surface area (Å²) in [4.78, 5) is 16.1. The minimum Gasteiger partial charge on any atom is -0.460 e. The molecule has 0 spiro atoms. The van der Waals surface area contributed by atoms with Gasteiger partial charge in [-0.1, -0.05) is 0 Å². The van der Waals surface area contributed by atoms with E-state index in [1.807, 2.05) is 16.8 Å². The molecule has 7 heteroatoms. The third-order valence-electron chi connectivity index (χ3n) is 5.41. The quantitative estimate of drug-likeness (QED) is 0.778. The summed E-state index contributed by atoms with van der Waals surface area (Å²) in [5.74, 6) is 0.741. The lowest BCUT2D eigenvalue weighted by Crippen LogP contribution is -2.39. The highest BCUT2D eigenvalue weighted by Crippen LogP contribution is 2.38. The Morgan fingerprint density at radius 3 is 2.79 bits per heavy atom. The molecule has 28 heavy (non-hydrogen) atoms. The van der Waals surface area contributed by atoms with E-state index in [1.165, 1.54) is 6.07 Å². The summed E-state index contributed by atoms with van der Waals surface area (Å²) in [6, 6.07) is 5.03. The fourth-order valence-electron chi connectivity index (χ4n) is 3.91. The van der Waals surface area contributed by atoms with Crippen LogP contribution in [0, 0.1) is 11.7 Å². The Kier molecular flexibility index (Phi) is 5.66. The van der Waals surface area contributed by atoms with Crippen molar-refractivity contribution in [2.24, 2.45) is 5.92 Å². The number of benzene rings is 1. The van der Waals surface area contributed by atoms with Gasteiger partial charge in [0.05, 0.1) is 6.61 Å². The first-order valence-electron chi connectivity index (χ1n) is 9.56. The van der Waals surface area contributed by atoms with Crippen molar-refractivity contribution >= 4 is 17.2 Å². The molecule has 2 aliphatic rings. The molecule has 1 fully saturated rings. The standard InChI is InChI=1S/C21H25FN2O3S/c1-23(2)20(25)14-3-6-24(7-4-14)11-16-9-18(22)10-17-12-26-21(27-19(16)17)15-5-8-28-13-15/h5,8-10,13-14,21H,3-4,6-7,11-12H2,1-2H3/t21-/m1/s1. The van der Waals surface area contributed by atoms with Crippen molar-refractivity contribution in [1.82, 2.24) is 9.80 Å². The first-order chi connectivity index (χ1) is 13.5. The van der Waals surface area contributed by atoms with Crippen LogP contribution in [0.15, 0.2) is 29.0 Å². The molecule has 0 aliphatic carbocycles. The number of nitrogens with zero attached hydrogens (tertiary/aromatic N) is 2. The summed E-state index contributed by atoms with van der Waals surface area (Å²) >= 11 is 1.59. The monoisotopic (exact) mass is 404 g/mol. The second kappa shape index (κ2) is 8.19. The lowest BCUT2D eigenvalue weighted by molar-refractivity contribution is -0.134. The zero-order chi connectivity index (χ0) is 19.7. The van der Waals surface area contributed by atoms with Crippen molar-refractivity contribution in [3.8, 4) is 5.75 Å². The Bertz CT molecular complexity index is 832. The Morgan fingerprint density at radius 2 is 2.11 bits per heavy atom. The molecule has 0 saturated carbocycles. The molecule has 1 saturated heterocycles. The van der Waals surface area contributed by atoms with Crippen LogP contribution >= 0.6 is 11.3 Å². The van der Waals surface area contributed by atoms with Crippen LogP contribution in [0.3, 0.4) is 0 Å². The van der Waals surface area contributed by atoms with Crippen molar-refractivity contribution in [3.63, 3.8) is 0 Å². The van der Waals surface area contributed by atoms with Gasteiger partial charge in [-0.05, 0) is 49.5 Å². The molecule has 0 radical (unpaired) electrons. The maximum Gasteiger partial charge on any atom is 0.227 e. The number of amides is 1. The molecule has 0 unspecified atom stereocenters. The summed E-state index contributed by atoms with van der Waals surface area (Å²) in [6.45, 7) is 2.58. The van der Waals surface area contributed by atoms with Crippen molar-refractivity contribution in [2.45, 2.75) is 32.3 Å². The Labute approximate surface area is 168 Å². The third-order valence-corrected chi connectivity index (χ3v) is 6.11. The van der Waals surface area contributed by atoms with E-state index in [4.69, 9.17) is 9.47 Å². The smallest absolute Gasteiger partial charge is 0.227 e. The van der Waals surface area contributed by atoms with Crippen LogP contribution < -0.4 is 4.74 Å². The normalized spacial score (nSPS) is 20.5. The number of carbonyl (C=O) groups excluding carboxylic acids is 1. The second-order valence-corrected chi connectivity index (χ2v) is 8.43. The van der Waals surface area contributed by atoms with E-state index < -0.39 is 6.29 Å². The molecule has 1 aromatic carbocycles. The maximum absolute atomic E-state index is 14.2. The van der Waals surface area contributed by atoms with Crippen molar-refractivity contribution < 1.29 is 18.7 Å². The number of rotatable bonds is 4. The lowest BCUT2D eigenvalue weighted by atomic mass is 9.95. The molecule has 150 valence electrons. The van der Waals surface area contributed by atoms with Crippen molar-refractivity contribution in [3.05, 3.63) is 51.5 Å². The number of halogens is 1. The highest BCUT2D eigenvalue weighted by Gasteiger charge is 2.29. The summed E-state index contributed by atoms with van der Waals surface area (Å²) in [5, 5.41) is 3.99. The minimum atomic E-state index is -0.452. The number of carbonyl (C=O) groups is 1. The Hall–Kier alpha value is -1.96. The van der Waals surface area contributed by atoms with Gasteiger partial charge in [0, 0.05) is 48.6 Å². The van der Waals surface area contributed by atoms with Gasteiger partial charge in [0.1, 0.15) is 11.6 Å². The molecule has 5 nitrogen and oxygen atoms in total. The fourth-order valence-corrected chi connectivity index (χ4v) is 4.57. The molecule has 1 aromatic heterocycles. The maximum atomic E-state index is 14.2. The van der Waals surface area contributed by atoms with Crippen LogP contribution in [0.5, 0.6) is 5.75 Å². The number of ether oxygens (including phenoxy) is 2. The van der Waals surface area contributed by atoms with Gasteiger partial charge in [0.25, 0.3) is 0 Å². The molecule has 3 heterocycles. The number of likely N-dealkylation sites (tertiary alicyclic amines) is 1. The van der Waals surface area contributed by atoms with E-state index in [2.05, 4.69) is 4.90 Å². The van der Waals surface area contributed by atoms with Gasteiger partial charge in [-0.2, -0.15) is 11.3 Å². The number of hydrogen-bond donors (Lipinski definition) is 0.